The molecule has 1 aliphatic rings. The van der Waals surface area contributed by atoms with Crippen LogP contribution in [0.15, 0.2) is 24.0 Å². The first-order valence-corrected chi connectivity index (χ1v) is 3.38. The maximum atomic E-state index is 10.2. The van der Waals surface area contributed by atoms with E-state index in [1.54, 1.807) is 6.29 Å². The van der Waals surface area contributed by atoms with Gasteiger partial charge in [0, 0.05) is 7.11 Å². The highest BCUT2D eigenvalue weighted by Gasteiger charge is 2.32. The molecule has 2 unspecified atom stereocenters. The molecule has 1 radical (unpaired) electrons. The zero-order valence-electron chi connectivity index (χ0n) is 6.52. The van der Waals surface area contributed by atoms with Crippen molar-refractivity contribution in [3.05, 3.63) is 24.0 Å². The van der Waals surface area contributed by atoms with Gasteiger partial charge in [0.05, 0.1) is 5.92 Å². The Labute approximate surface area is 69.8 Å². The molecule has 0 aromatic heterocycles. The Kier molecular flexibility index (Phi) is 2.30. The standard InChI is InChI=1S/C8H9O4/c1-12-8(11)3-2-6(5-9)4-7(8)10/h2-4,6,10-11H,1H3. The second-order valence-corrected chi connectivity index (χ2v) is 2.46. The van der Waals surface area contributed by atoms with Crippen molar-refractivity contribution in [2.24, 2.45) is 5.92 Å². The molecule has 4 nitrogen and oxygen atoms in total. The van der Waals surface area contributed by atoms with Crippen molar-refractivity contribution in [3.63, 3.8) is 0 Å². The van der Waals surface area contributed by atoms with Crippen LogP contribution in [0.5, 0.6) is 0 Å². The van der Waals surface area contributed by atoms with Crippen LogP contribution in [0.2, 0.25) is 0 Å². The average Bonchev–Trinajstić information content (AvgIpc) is 2.10. The molecule has 0 aromatic carbocycles. The summed E-state index contributed by atoms with van der Waals surface area (Å²) in [5, 5.41) is 18.6. The second-order valence-electron chi connectivity index (χ2n) is 2.46. The van der Waals surface area contributed by atoms with E-state index in [1.807, 2.05) is 0 Å². The molecule has 1 rings (SSSR count). The summed E-state index contributed by atoms with van der Waals surface area (Å²) in [5.74, 6) is -2.78. The average molecular weight is 169 g/mol. The topological polar surface area (TPSA) is 66.8 Å². The number of carbonyl (C=O) groups excluding carboxylic acids is 1. The van der Waals surface area contributed by atoms with Crippen LogP contribution in [-0.2, 0) is 9.53 Å². The van der Waals surface area contributed by atoms with Crippen LogP contribution >= 0.6 is 0 Å². The normalized spacial score (nSPS) is 34.5. The number of hydrogen-bond acceptors (Lipinski definition) is 4. The molecule has 0 amide bonds. The van der Waals surface area contributed by atoms with Crippen LogP contribution in [0.3, 0.4) is 0 Å². The number of aliphatic hydroxyl groups is 2. The maximum Gasteiger partial charge on any atom is 0.244 e. The predicted molar refractivity (Wildman–Crippen MR) is 41.0 cm³/mol. The van der Waals surface area contributed by atoms with E-state index in [0.29, 0.717) is 0 Å². The molecule has 0 aromatic rings. The van der Waals surface area contributed by atoms with Gasteiger partial charge in [-0.05, 0) is 12.2 Å². The van der Waals surface area contributed by atoms with Crippen LogP contribution in [0.25, 0.3) is 0 Å². The minimum absolute atomic E-state index is 0.388. The van der Waals surface area contributed by atoms with Crippen molar-refractivity contribution < 1.29 is 19.7 Å². The fraction of sp³-hybridized carbons (Fsp3) is 0.375. The summed E-state index contributed by atoms with van der Waals surface area (Å²) in [6.45, 7) is 0. The molecule has 2 N–H and O–H groups in total. The molecule has 0 spiro atoms. The highest BCUT2D eigenvalue weighted by atomic mass is 16.6. The van der Waals surface area contributed by atoms with Crippen molar-refractivity contribution in [2.75, 3.05) is 7.11 Å². The smallest absolute Gasteiger partial charge is 0.244 e. The van der Waals surface area contributed by atoms with Gasteiger partial charge in [-0.2, -0.15) is 0 Å². The summed E-state index contributed by atoms with van der Waals surface area (Å²) in [6, 6.07) is 0. The molecule has 12 heavy (non-hydrogen) atoms. The molecule has 0 heterocycles. The fourth-order valence-electron chi connectivity index (χ4n) is 0.910. The van der Waals surface area contributed by atoms with Gasteiger partial charge in [-0.25, -0.2) is 0 Å². The number of allylic oxidation sites excluding steroid dienone is 2. The summed E-state index contributed by atoms with van der Waals surface area (Å²) in [4.78, 5) is 10.2. The third-order valence-electron chi connectivity index (χ3n) is 1.68. The zero-order valence-corrected chi connectivity index (χ0v) is 6.52. The summed E-state index contributed by atoms with van der Waals surface area (Å²) in [6.07, 6.45) is 5.44. The number of methoxy groups -OCH3 is 1. The third-order valence-corrected chi connectivity index (χ3v) is 1.68. The first-order chi connectivity index (χ1) is 5.62. The maximum absolute atomic E-state index is 10.2. The predicted octanol–water partition coefficient (Wildman–Crippen LogP) is 0.0590. The van der Waals surface area contributed by atoms with Crippen molar-refractivity contribution in [2.45, 2.75) is 5.79 Å². The van der Waals surface area contributed by atoms with E-state index in [1.165, 1.54) is 25.3 Å². The van der Waals surface area contributed by atoms with Gasteiger partial charge in [0.2, 0.25) is 12.1 Å². The van der Waals surface area contributed by atoms with E-state index in [0.717, 1.165) is 0 Å². The first kappa shape index (κ1) is 8.96. The van der Waals surface area contributed by atoms with E-state index in [2.05, 4.69) is 4.74 Å². The lowest BCUT2D eigenvalue weighted by Gasteiger charge is -2.25. The minimum Gasteiger partial charge on any atom is -0.507 e. The number of hydrogen-bond donors (Lipinski definition) is 2. The molecule has 1 aliphatic carbocycles. The molecule has 0 aliphatic heterocycles. The fourth-order valence-corrected chi connectivity index (χ4v) is 0.910. The molecular weight excluding hydrogens is 160 g/mol. The number of ether oxygens (including phenoxy) is 1. The van der Waals surface area contributed by atoms with Crippen LogP contribution in [0.4, 0.5) is 0 Å². The largest absolute Gasteiger partial charge is 0.507 e. The van der Waals surface area contributed by atoms with E-state index in [4.69, 9.17) is 0 Å². The monoisotopic (exact) mass is 169 g/mol. The Morgan fingerprint density at radius 1 is 1.75 bits per heavy atom. The lowest BCUT2D eigenvalue weighted by atomic mass is 10.00. The van der Waals surface area contributed by atoms with Gasteiger partial charge >= 0.3 is 0 Å². The van der Waals surface area contributed by atoms with Crippen LogP contribution in [0, 0.1) is 5.92 Å². The molecular formula is C8H9O4. The molecule has 4 heteroatoms. The van der Waals surface area contributed by atoms with Crippen LogP contribution in [-0.4, -0.2) is 29.4 Å². The van der Waals surface area contributed by atoms with Crippen molar-refractivity contribution in [3.8, 4) is 0 Å². The van der Waals surface area contributed by atoms with Crippen molar-refractivity contribution in [1.29, 1.82) is 0 Å². The van der Waals surface area contributed by atoms with Gasteiger partial charge in [-0.3, -0.25) is 4.79 Å². The lowest BCUT2D eigenvalue weighted by molar-refractivity contribution is -0.139. The molecule has 0 saturated heterocycles. The van der Waals surface area contributed by atoms with Gasteiger partial charge in [0.15, 0.2) is 5.76 Å². The summed E-state index contributed by atoms with van der Waals surface area (Å²) >= 11 is 0. The number of rotatable bonds is 2. The van der Waals surface area contributed by atoms with Gasteiger partial charge in [-0.15, -0.1) is 0 Å². The van der Waals surface area contributed by atoms with E-state index in [-0.39, 0.29) is 5.76 Å². The third kappa shape index (κ3) is 1.39. The van der Waals surface area contributed by atoms with E-state index < -0.39 is 11.7 Å². The molecule has 65 valence electrons. The van der Waals surface area contributed by atoms with Gasteiger partial charge in [-0.1, -0.05) is 6.08 Å². The van der Waals surface area contributed by atoms with Gasteiger partial charge in [0.1, 0.15) is 0 Å². The quantitative estimate of drug-likeness (QED) is 0.453. The molecule has 0 saturated carbocycles. The Hall–Kier alpha value is -1.13. The molecule has 2 atom stereocenters. The van der Waals surface area contributed by atoms with Gasteiger partial charge < -0.3 is 14.9 Å². The summed E-state index contributed by atoms with van der Waals surface area (Å²) in [7, 11) is 1.25. The summed E-state index contributed by atoms with van der Waals surface area (Å²) in [5.41, 5.74) is 0. The Morgan fingerprint density at radius 2 is 2.42 bits per heavy atom. The lowest BCUT2D eigenvalue weighted by Crippen LogP contribution is -2.33. The Bertz CT molecular complexity index is 243. The van der Waals surface area contributed by atoms with Crippen LogP contribution in [0.1, 0.15) is 0 Å². The van der Waals surface area contributed by atoms with Crippen LogP contribution < -0.4 is 0 Å². The Balaban J connectivity index is 2.89. The first-order valence-electron chi connectivity index (χ1n) is 3.38. The van der Waals surface area contributed by atoms with E-state index in [9.17, 15) is 15.0 Å². The van der Waals surface area contributed by atoms with Crippen molar-refractivity contribution >= 4 is 6.29 Å². The second kappa shape index (κ2) is 3.08. The van der Waals surface area contributed by atoms with Crippen molar-refractivity contribution in [1.82, 2.24) is 0 Å². The number of aliphatic hydroxyl groups excluding tert-OH is 1. The molecule has 0 fully saturated rings. The highest BCUT2D eigenvalue weighted by Crippen LogP contribution is 2.23. The zero-order chi connectivity index (χ0) is 9.19. The SMILES string of the molecule is COC1(O)C=CC([C]=O)C=C1O. The summed E-state index contributed by atoms with van der Waals surface area (Å²) < 4.78 is 4.60. The minimum atomic E-state index is -1.78. The van der Waals surface area contributed by atoms with E-state index >= 15 is 0 Å². The highest BCUT2D eigenvalue weighted by molar-refractivity contribution is 5.62. The van der Waals surface area contributed by atoms with Gasteiger partial charge in [0.25, 0.3) is 0 Å². The molecule has 0 bridgehead atoms. The Morgan fingerprint density at radius 3 is 2.83 bits per heavy atom.